The zero-order valence-electron chi connectivity index (χ0n) is 16.0. The topological polar surface area (TPSA) is 81.7 Å². The van der Waals surface area contributed by atoms with Crippen molar-refractivity contribution in [3.05, 3.63) is 18.2 Å². The molecule has 1 rings (SSSR count). The van der Waals surface area contributed by atoms with Crippen LogP contribution in [-0.2, 0) is 14.4 Å². The number of ether oxygens (including phenoxy) is 2. The lowest BCUT2D eigenvalue weighted by molar-refractivity contribution is -0.193. The summed E-state index contributed by atoms with van der Waals surface area (Å²) in [5, 5.41) is 2.83. The van der Waals surface area contributed by atoms with Crippen molar-refractivity contribution in [2.75, 3.05) is 19.5 Å². The van der Waals surface area contributed by atoms with E-state index in [-0.39, 0.29) is 5.91 Å². The molecular weight excluding hydrogens is 412 g/mol. The van der Waals surface area contributed by atoms with Crippen molar-refractivity contribution in [2.24, 2.45) is 5.41 Å². The van der Waals surface area contributed by atoms with Crippen LogP contribution in [-0.4, -0.2) is 44.0 Å². The number of anilines is 1. The fraction of sp³-hybridized carbons (Fsp3) is 0.471. The number of hydrogen-bond donors (Lipinski definition) is 1. The van der Waals surface area contributed by atoms with Gasteiger partial charge in [0, 0.05) is 11.5 Å². The molecule has 0 spiro atoms. The molecule has 0 fully saturated rings. The number of nitrogens with one attached hydrogen (secondary N) is 1. The van der Waals surface area contributed by atoms with Crippen LogP contribution in [0.15, 0.2) is 18.2 Å². The molecule has 29 heavy (non-hydrogen) atoms. The fourth-order valence-corrected chi connectivity index (χ4v) is 1.47. The standard InChI is InChI=1S/C13H19NO3.C4F6O2/c1-13(2,3)12(15)14-10-7-6-9(16-4)8-11(10)17-5;5-3(6,7)1(11)2(12)4(8,9)10/h6-8H,1-5H3,(H,14,15);. The maximum Gasteiger partial charge on any atom is 0.458 e. The minimum atomic E-state index is -5.77. The number of halogens is 6. The molecular formula is C17H19F6NO5. The van der Waals surface area contributed by atoms with Gasteiger partial charge < -0.3 is 14.8 Å². The van der Waals surface area contributed by atoms with E-state index in [1.54, 1.807) is 32.4 Å². The Labute approximate surface area is 162 Å². The number of carbonyl (C=O) groups is 3. The zero-order chi connectivity index (χ0) is 23.2. The highest BCUT2D eigenvalue weighted by Crippen LogP contribution is 2.30. The van der Waals surface area contributed by atoms with Gasteiger partial charge in [0.15, 0.2) is 0 Å². The van der Waals surface area contributed by atoms with Crippen molar-refractivity contribution in [2.45, 2.75) is 33.1 Å². The van der Waals surface area contributed by atoms with Crippen LogP contribution in [0.25, 0.3) is 0 Å². The van der Waals surface area contributed by atoms with Gasteiger partial charge in [-0.05, 0) is 12.1 Å². The molecule has 0 aliphatic heterocycles. The van der Waals surface area contributed by atoms with Crippen LogP contribution in [0.3, 0.4) is 0 Å². The average Bonchev–Trinajstić information content (AvgIpc) is 2.58. The highest BCUT2D eigenvalue weighted by molar-refractivity contribution is 6.41. The second-order valence-electron chi connectivity index (χ2n) is 6.42. The molecule has 1 aromatic rings. The summed E-state index contributed by atoms with van der Waals surface area (Å²) >= 11 is 0. The van der Waals surface area contributed by atoms with Crippen LogP contribution in [0.5, 0.6) is 11.5 Å². The van der Waals surface area contributed by atoms with Crippen LogP contribution in [0, 0.1) is 5.41 Å². The largest absolute Gasteiger partial charge is 0.497 e. The zero-order valence-corrected chi connectivity index (χ0v) is 16.0. The maximum absolute atomic E-state index is 11.9. The number of Topliss-reactive ketones (excluding diaryl/α,β-unsaturated/α-hetero) is 2. The molecule has 0 aromatic heterocycles. The minimum absolute atomic E-state index is 0.0547. The molecule has 6 nitrogen and oxygen atoms in total. The molecule has 1 aromatic carbocycles. The third-order valence-electron chi connectivity index (χ3n) is 3.06. The highest BCUT2D eigenvalue weighted by Gasteiger charge is 2.54. The Morgan fingerprint density at radius 3 is 1.59 bits per heavy atom. The van der Waals surface area contributed by atoms with Crippen LogP contribution in [0.2, 0.25) is 0 Å². The van der Waals surface area contributed by atoms with Crippen LogP contribution in [0.4, 0.5) is 32.0 Å². The van der Waals surface area contributed by atoms with Crippen molar-refractivity contribution < 1.29 is 50.2 Å². The second kappa shape index (κ2) is 9.61. The summed E-state index contributed by atoms with van der Waals surface area (Å²) in [6, 6.07) is 5.28. The van der Waals surface area contributed by atoms with Gasteiger partial charge in [-0.25, -0.2) is 0 Å². The van der Waals surface area contributed by atoms with E-state index in [2.05, 4.69) is 5.32 Å². The predicted octanol–water partition coefficient (Wildman–Crippen LogP) is 3.94. The normalized spacial score (nSPS) is 11.7. The van der Waals surface area contributed by atoms with E-state index in [1.165, 1.54) is 0 Å². The molecule has 1 amide bonds. The molecule has 0 radical (unpaired) electrons. The Kier molecular flexibility index (Phi) is 8.69. The maximum atomic E-state index is 11.9. The minimum Gasteiger partial charge on any atom is -0.497 e. The van der Waals surface area contributed by atoms with Gasteiger partial charge in [-0.3, -0.25) is 14.4 Å². The molecule has 164 valence electrons. The van der Waals surface area contributed by atoms with E-state index in [4.69, 9.17) is 9.47 Å². The Morgan fingerprint density at radius 1 is 0.828 bits per heavy atom. The summed E-state index contributed by atoms with van der Waals surface area (Å²) < 4.78 is 77.3. The average molecular weight is 431 g/mol. The van der Waals surface area contributed by atoms with Gasteiger partial charge in [0.2, 0.25) is 5.91 Å². The number of methoxy groups -OCH3 is 2. The number of hydrogen-bond acceptors (Lipinski definition) is 5. The molecule has 0 bridgehead atoms. The van der Waals surface area contributed by atoms with Gasteiger partial charge in [-0.15, -0.1) is 0 Å². The lowest BCUT2D eigenvalue weighted by atomic mass is 9.95. The molecule has 0 aliphatic rings. The number of ketones is 2. The smallest absolute Gasteiger partial charge is 0.458 e. The fourth-order valence-electron chi connectivity index (χ4n) is 1.47. The number of amides is 1. The van der Waals surface area contributed by atoms with E-state index in [9.17, 15) is 40.7 Å². The molecule has 0 heterocycles. The summed E-state index contributed by atoms with van der Waals surface area (Å²) in [5.41, 5.74) is 0.207. The quantitative estimate of drug-likeness (QED) is 0.577. The first-order valence-electron chi connectivity index (χ1n) is 7.71. The van der Waals surface area contributed by atoms with Crippen LogP contribution >= 0.6 is 0 Å². The first-order valence-corrected chi connectivity index (χ1v) is 7.71. The van der Waals surface area contributed by atoms with E-state index in [1.807, 2.05) is 20.8 Å². The molecule has 0 unspecified atom stereocenters. The van der Waals surface area contributed by atoms with E-state index >= 15 is 0 Å². The monoisotopic (exact) mass is 431 g/mol. The molecule has 1 N–H and O–H groups in total. The van der Waals surface area contributed by atoms with Crippen LogP contribution in [0.1, 0.15) is 20.8 Å². The summed E-state index contributed by atoms with van der Waals surface area (Å²) in [6.45, 7) is 5.58. The second-order valence-corrected chi connectivity index (χ2v) is 6.42. The van der Waals surface area contributed by atoms with Crippen molar-refractivity contribution in [1.82, 2.24) is 0 Å². The Hall–Kier alpha value is -2.79. The Bertz CT molecular complexity index is 726. The number of alkyl halides is 6. The third kappa shape index (κ3) is 8.40. The lowest BCUT2D eigenvalue weighted by Gasteiger charge is -2.19. The van der Waals surface area contributed by atoms with Gasteiger partial charge in [0.05, 0.1) is 19.9 Å². The number of benzene rings is 1. The van der Waals surface area contributed by atoms with Crippen molar-refractivity contribution in [3.63, 3.8) is 0 Å². The number of rotatable bonds is 4. The lowest BCUT2D eigenvalue weighted by Crippen LogP contribution is -2.39. The van der Waals surface area contributed by atoms with Crippen LogP contribution < -0.4 is 14.8 Å². The summed E-state index contributed by atoms with van der Waals surface area (Å²) in [7, 11) is 3.14. The van der Waals surface area contributed by atoms with Gasteiger partial charge in [-0.1, -0.05) is 20.8 Å². The van der Waals surface area contributed by atoms with Gasteiger partial charge >= 0.3 is 23.9 Å². The van der Waals surface area contributed by atoms with E-state index in [0.29, 0.717) is 17.2 Å². The van der Waals surface area contributed by atoms with E-state index in [0.717, 1.165) is 0 Å². The van der Waals surface area contributed by atoms with Crippen molar-refractivity contribution in [1.29, 1.82) is 0 Å². The van der Waals surface area contributed by atoms with Crippen molar-refractivity contribution >= 4 is 23.2 Å². The highest BCUT2D eigenvalue weighted by atomic mass is 19.4. The molecule has 0 atom stereocenters. The predicted molar refractivity (Wildman–Crippen MR) is 89.8 cm³/mol. The van der Waals surface area contributed by atoms with Gasteiger partial charge in [-0.2, -0.15) is 26.3 Å². The molecule has 0 saturated heterocycles. The SMILES string of the molecule is COc1ccc(NC(=O)C(C)(C)C)c(OC)c1.O=C(C(=O)C(F)(F)F)C(F)(F)F. The first kappa shape index (κ1) is 26.2. The summed E-state index contributed by atoms with van der Waals surface area (Å²) in [6.07, 6.45) is -11.5. The summed E-state index contributed by atoms with van der Waals surface area (Å²) in [4.78, 5) is 31.1. The van der Waals surface area contributed by atoms with Gasteiger partial charge in [0.25, 0.3) is 0 Å². The van der Waals surface area contributed by atoms with Gasteiger partial charge in [0.1, 0.15) is 11.5 Å². The molecule has 0 saturated carbocycles. The van der Waals surface area contributed by atoms with E-state index < -0.39 is 29.3 Å². The first-order chi connectivity index (χ1) is 12.9. The number of carbonyl (C=O) groups excluding carboxylic acids is 3. The molecule has 12 heteroatoms. The summed E-state index contributed by atoms with van der Waals surface area (Å²) in [5.74, 6) is -5.59. The Morgan fingerprint density at radius 2 is 1.28 bits per heavy atom. The third-order valence-corrected chi connectivity index (χ3v) is 3.06. The van der Waals surface area contributed by atoms with Crippen molar-refractivity contribution in [3.8, 4) is 11.5 Å². The Balaban J connectivity index is 0.000000578. The molecule has 0 aliphatic carbocycles.